The van der Waals surface area contributed by atoms with Gasteiger partial charge in [0.2, 0.25) is 5.91 Å². The summed E-state index contributed by atoms with van der Waals surface area (Å²) in [5.41, 5.74) is 5.78. The Balaban J connectivity index is 1.68. The lowest BCUT2D eigenvalue weighted by molar-refractivity contribution is -0.115. The Bertz CT molecular complexity index is 694. The van der Waals surface area contributed by atoms with Crippen LogP contribution < -0.4 is 5.32 Å². The molecule has 3 heteroatoms. The molecule has 3 nitrogen and oxygen atoms in total. The van der Waals surface area contributed by atoms with E-state index in [0.29, 0.717) is 13.0 Å². The number of hydrogen-bond acceptors (Lipinski definition) is 2. The van der Waals surface area contributed by atoms with E-state index in [1.807, 2.05) is 24.3 Å². The van der Waals surface area contributed by atoms with Crippen LogP contribution in [0.15, 0.2) is 42.5 Å². The highest BCUT2D eigenvalue weighted by atomic mass is 16.5. The summed E-state index contributed by atoms with van der Waals surface area (Å²) in [5, 5.41) is 3.00. The third-order valence-electron chi connectivity index (χ3n) is 4.37. The van der Waals surface area contributed by atoms with Crippen LogP contribution >= 0.6 is 0 Å². The van der Waals surface area contributed by atoms with E-state index in [-0.39, 0.29) is 5.91 Å². The van der Waals surface area contributed by atoms with Gasteiger partial charge in [-0.05, 0) is 48.4 Å². The minimum absolute atomic E-state index is 0.0179. The number of hydrogen-bond donors (Lipinski definition) is 1. The maximum absolute atomic E-state index is 12.4. The van der Waals surface area contributed by atoms with Gasteiger partial charge in [-0.3, -0.25) is 4.79 Å². The smallest absolute Gasteiger partial charge is 0.228 e. The number of benzene rings is 2. The van der Waals surface area contributed by atoms with Crippen LogP contribution in [0.5, 0.6) is 0 Å². The number of carbonyl (C=O) groups excluding carboxylic acids is 1. The highest BCUT2D eigenvalue weighted by molar-refractivity contribution is 5.93. The fourth-order valence-corrected chi connectivity index (χ4v) is 3.20. The quantitative estimate of drug-likeness (QED) is 0.910. The summed E-state index contributed by atoms with van der Waals surface area (Å²) < 4.78 is 5.18. The zero-order chi connectivity index (χ0) is 16.1. The number of carbonyl (C=O) groups is 1. The first-order chi connectivity index (χ1) is 11.3. The average Bonchev–Trinajstić information content (AvgIpc) is 2.57. The van der Waals surface area contributed by atoms with Crippen molar-refractivity contribution in [1.82, 2.24) is 0 Å². The molecular formula is C20H23NO2. The van der Waals surface area contributed by atoms with E-state index in [1.54, 1.807) is 7.11 Å². The monoisotopic (exact) mass is 309 g/mol. The van der Waals surface area contributed by atoms with Crippen molar-refractivity contribution >= 4 is 11.6 Å². The zero-order valence-corrected chi connectivity index (χ0v) is 13.6. The maximum atomic E-state index is 12.4. The molecule has 23 heavy (non-hydrogen) atoms. The van der Waals surface area contributed by atoms with Crippen molar-refractivity contribution < 1.29 is 9.53 Å². The van der Waals surface area contributed by atoms with Crippen molar-refractivity contribution in [1.29, 1.82) is 0 Å². The van der Waals surface area contributed by atoms with Gasteiger partial charge >= 0.3 is 0 Å². The summed E-state index contributed by atoms with van der Waals surface area (Å²) in [6.45, 7) is 0.495. The van der Waals surface area contributed by atoms with E-state index in [0.717, 1.165) is 23.2 Å². The Hall–Kier alpha value is -2.13. The van der Waals surface area contributed by atoms with Crippen molar-refractivity contribution in [2.45, 2.75) is 38.7 Å². The highest BCUT2D eigenvalue weighted by Crippen LogP contribution is 2.23. The molecule has 0 aromatic heterocycles. The molecule has 0 atom stereocenters. The van der Waals surface area contributed by atoms with Gasteiger partial charge in [0.05, 0.1) is 13.0 Å². The van der Waals surface area contributed by atoms with Gasteiger partial charge in [-0.1, -0.05) is 36.4 Å². The molecule has 2 aromatic carbocycles. The van der Waals surface area contributed by atoms with E-state index >= 15 is 0 Å². The zero-order valence-electron chi connectivity index (χ0n) is 13.6. The second-order valence-corrected chi connectivity index (χ2v) is 6.13. The number of anilines is 1. The topological polar surface area (TPSA) is 38.3 Å². The highest BCUT2D eigenvalue weighted by Gasteiger charge is 2.12. The summed E-state index contributed by atoms with van der Waals surface area (Å²) in [7, 11) is 1.66. The third-order valence-corrected chi connectivity index (χ3v) is 4.37. The van der Waals surface area contributed by atoms with Gasteiger partial charge < -0.3 is 10.1 Å². The maximum Gasteiger partial charge on any atom is 0.228 e. The van der Waals surface area contributed by atoms with E-state index in [2.05, 4.69) is 23.5 Å². The molecule has 0 spiro atoms. The number of ether oxygens (including phenoxy) is 1. The molecule has 0 heterocycles. The molecular weight excluding hydrogens is 286 g/mol. The molecule has 1 aliphatic rings. The molecule has 120 valence electrons. The number of aryl methyl sites for hydroxylation is 2. The third kappa shape index (κ3) is 3.99. The van der Waals surface area contributed by atoms with Crippen LogP contribution in [0, 0.1) is 0 Å². The van der Waals surface area contributed by atoms with Gasteiger partial charge in [-0.15, -0.1) is 0 Å². The Labute approximate surface area is 137 Å². The van der Waals surface area contributed by atoms with Crippen molar-refractivity contribution in [2.24, 2.45) is 0 Å². The van der Waals surface area contributed by atoms with Crippen LogP contribution in [0.2, 0.25) is 0 Å². The molecule has 1 N–H and O–H groups in total. The fourth-order valence-electron chi connectivity index (χ4n) is 3.20. The van der Waals surface area contributed by atoms with Gasteiger partial charge in [0.25, 0.3) is 0 Å². The van der Waals surface area contributed by atoms with Crippen molar-refractivity contribution in [3.8, 4) is 0 Å². The van der Waals surface area contributed by atoms with Gasteiger partial charge in [-0.2, -0.15) is 0 Å². The van der Waals surface area contributed by atoms with E-state index in [1.165, 1.54) is 30.4 Å². The molecule has 0 saturated heterocycles. The summed E-state index contributed by atoms with van der Waals surface area (Å²) in [4.78, 5) is 12.4. The minimum Gasteiger partial charge on any atom is -0.380 e. The Morgan fingerprint density at radius 2 is 1.87 bits per heavy atom. The largest absolute Gasteiger partial charge is 0.380 e. The summed E-state index contributed by atoms with van der Waals surface area (Å²) in [6.07, 6.45) is 5.26. The normalized spacial score (nSPS) is 13.4. The number of amides is 1. The first kappa shape index (κ1) is 15.8. The number of fused-ring (bicyclic) bond motifs is 1. The molecule has 0 fully saturated rings. The second-order valence-electron chi connectivity index (χ2n) is 6.13. The van der Waals surface area contributed by atoms with Crippen LogP contribution in [-0.2, 0) is 35.4 Å². The molecule has 0 aliphatic heterocycles. The van der Waals surface area contributed by atoms with Crippen molar-refractivity contribution in [3.63, 3.8) is 0 Å². The van der Waals surface area contributed by atoms with Crippen molar-refractivity contribution in [2.75, 3.05) is 12.4 Å². The van der Waals surface area contributed by atoms with Crippen LogP contribution in [0.3, 0.4) is 0 Å². The van der Waals surface area contributed by atoms with Crippen LogP contribution in [0.4, 0.5) is 5.69 Å². The fraction of sp³-hybridized carbons (Fsp3) is 0.350. The molecule has 1 aliphatic carbocycles. The Morgan fingerprint density at radius 3 is 2.70 bits per heavy atom. The standard InChI is InChI=1S/C20H23NO2/c1-23-14-18-8-4-5-9-19(18)21-20(22)13-15-10-11-16-6-2-3-7-17(16)12-15/h4-5,8-12H,2-3,6-7,13-14H2,1H3,(H,21,22). The molecule has 2 aromatic rings. The molecule has 3 rings (SSSR count). The van der Waals surface area contributed by atoms with Crippen LogP contribution in [0.1, 0.15) is 35.1 Å². The van der Waals surface area contributed by atoms with Gasteiger partial charge in [0, 0.05) is 18.4 Å². The first-order valence-corrected chi connectivity index (χ1v) is 8.23. The Morgan fingerprint density at radius 1 is 1.09 bits per heavy atom. The number of rotatable bonds is 5. The Kier molecular flexibility index (Phi) is 5.09. The molecule has 1 amide bonds. The molecule has 0 bridgehead atoms. The summed E-state index contributed by atoms with van der Waals surface area (Å²) in [6, 6.07) is 14.2. The lowest BCUT2D eigenvalue weighted by atomic mass is 9.90. The lowest BCUT2D eigenvalue weighted by Gasteiger charge is -2.16. The van der Waals surface area contributed by atoms with Crippen LogP contribution in [-0.4, -0.2) is 13.0 Å². The average molecular weight is 309 g/mol. The second kappa shape index (κ2) is 7.42. The summed E-state index contributed by atoms with van der Waals surface area (Å²) >= 11 is 0. The summed E-state index contributed by atoms with van der Waals surface area (Å²) in [5.74, 6) is 0.0179. The van der Waals surface area contributed by atoms with E-state index in [9.17, 15) is 4.79 Å². The first-order valence-electron chi connectivity index (χ1n) is 8.23. The van der Waals surface area contributed by atoms with Crippen molar-refractivity contribution in [3.05, 3.63) is 64.7 Å². The number of methoxy groups -OCH3 is 1. The minimum atomic E-state index is 0.0179. The number of para-hydroxylation sites is 1. The van der Waals surface area contributed by atoms with E-state index in [4.69, 9.17) is 4.74 Å². The van der Waals surface area contributed by atoms with Gasteiger partial charge in [-0.25, -0.2) is 0 Å². The molecule has 0 unspecified atom stereocenters. The van der Waals surface area contributed by atoms with Gasteiger partial charge in [0.15, 0.2) is 0 Å². The predicted octanol–water partition coefficient (Wildman–Crippen LogP) is 3.89. The molecule has 0 radical (unpaired) electrons. The van der Waals surface area contributed by atoms with Gasteiger partial charge in [0.1, 0.15) is 0 Å². The SMILES string of the molecule is COCc1ccccc1NC(=O)Cc1ccc2c(c1)CCCC2. The van der Waals surface area contributed by atoms with E-state index < -0.39 is 0 Å². The molecule has 0 saturated carbocycles. The van der Waals surface area contributed by atoms with Crippen LogP contribution in [0.25, 0.3) is 0 Å². The lowest BCUT2D eigenvalue weighted by Crippen LogP contribution is -2.16. The predicted molar refractivity (Wildman–Crippen MR) is 92.6 cm³/mol. The number of nitrogens with one attached hydrogen (secondary N) is 1.